The van der Waals surface area contributed by atoms with Crippen molar-refractivity contribution in [2.75, 3.05) is 21.1 Å². The molecule has 9 rings (SSSR count). The van der Waals surface area contributed by atoms with Crippen LogP contribution >= 0.6 is 0 Å². The van der Waals surface area contributed by atoms with Crippen LogP contribution in [0, 0.1) is 20.8 Å². The zero-order chi connectivity index (χ0) is 37.8. The first kappa shape index (κ1) is 34.2. The second-order valence-electron chi connectivity index (χ2n) is 15.5. The predicted molar refractivity (Wildman–Crippen MR) is 234 cm³/mol. The number of nitrogens with zero attached hydrogens (tertiary/aromatic N) is 3. The summed E-state index contributed by atoms with van der Waals surface area (Å²) in [5.41, 5.74) is 21.3. The van der Waals surface area contributed by atoms with E-state index >= 15 is 0 Å². The number of rotatable bonds is 5. The number of fused-ring (bicyclic) bond motifs is 8. The third-order valence-electron chi connectivity index (χ3n) is 10.8. The molecule has 7 aromatic rings. The molecular formula is C50H44N5+. The summed E-state index contributed by atoms with van der Waals surface area (Å²) in [5, 5.41) is 0. The number of quaternary nitrogens is 1. The monoisotopic (exact) mass is 714 g/mol. The van der Waals surface area contributed by atoms with Gasteiger partial charge in [-0.25, -0.2) is 9.97 Å². The van der Waals surface area contributed by atoms with Gasteiger partial charge in [0.2, 0.25) is 0 Å². The number of aryl methyl sites for hydroxylation is 3. The average Bonchev–Trinajstić information content (AvgIpc) is 4.01. The minimum absolute atomic E-state index is 0.662. The van der Waals surface area contributed by atoms with Crippen molar-refractivity contribution in [1.82, 2.24) is 24.4 Å². The highest BCUT2D eigenvalue weighted by molar-refractivity contribution is 6.01. The van der Waals surface area contributed by atoms with Gasteiger partial charge in [-0.15, -0.1) is 0 Å². The highest BCUT2D eigenvalue weighted by atomic mass is 15.3. The van der Waals surface area contributed by atoms with Crippen LogP contribution in [-0.4, -0.2) is 41.1 Å². The van der Waals surface area contributed by atoms with Crippen molar-refractivity contribution in [2.45, 2.75) is 20.8 Å². The normalized spacial score (nSPS) is 12.4. The molecule has 0 unspecified atom stereocenters. The lowest BCUT2D eigenvalue weighted by Crippen LogP contribution is -2.35. The van der Waals surface area contributed by atoms with Crippen LogP contribution in [0.5, 0.6) is 0 Å². The number of hydrogen-bond acceptors (Lipinski definition) is 2. The van der Waals surface area contributed by atoms with E-state index < -0.39 is 0 Å². The minimum Gasteiger partial charge on any atom is -0.354 e. The van der Waals surface area contributed by atoms with Crippen molar-refractivity contribution < 1.29 is 0 Å². The summed E-state index contributed by atoms with van der Waals surface area (Å²) in [6.07, 6.45) is 8.70. The Hall–Kier alpha value is -6.56. The van der Waals surface area contributed by atoms with Gasteiger partial charge in [0.15, 0.2) is 0 Å². The lowest BCUT2D eigenvalue weighted by molar-refractivity contribution is 0.487. The van der Waals surface area contributed by atoms with E-state index in [0.29, 0.717) is 4.48 Å². The number of aromatic nitrogens is 4. The van der Waals surface area contributed by atoms with Crippen molar-refractivity contribution in [3.8, 4) is 44.5 Å². The van der Waals surface area contributed by atoms with E-state index in [9.17, 15) is 0 Å². The molecule has 0 saturated carbocycles. The van der Waals surface area contributed by atoms with Crippen LogP contribution in [0.25, 0.3) is 90.9 Å². The number of nitrogens with one attached hydrogen (secondary N) is 2. The molecule has 0 atom stereocenters. The number of hydrogen-bond donors (Lipinski definition) is 2. The first-order valence-corrected chi connectivity index (χ1v) is 18.9. The Morgan fingerprint density at radius 2 is 0.727 bits per heavy atom. The molecule has 2 aliphatic heterocycles. The van der Waals surface area contributed by atoms with E-state index in [1.807, 2.05) is 0 Å². The van der Waals surface area contributed by atoms with Crippen molar-refractivity contribution in [1.29, 1.82) is 0 Å². The van der Waals surface area contributed by atoms with E-state index in [-0.39, 0.29) is 0 Å². The van der Waals surface area contributed by atoms with E-state index in [1.165, 1.54) is 33.5 Å². The van der Waals surface area contributed by atoms with Gasteiger partial charge in [-0.05, 0) is 109 Å². The van der Waals surface area contributed by atoms with Crippen LogP contribution in [0.4, 0.5) is 5.69 Å². The van der Waals surface area contributed by atoms with Crippen LogP contribution in [0.3, 0.4) is 0 Å². The fraction of sp³-hybridized carbons (Fsp3) is 0.120. The summed E-state index contributed by atoms with van der Waals surface area (Å²) in [6.45, 7) is 6.58. The van der Waals surface area contributed by atoms with E-state index in [4.69, 9.17) is 9.97 Å². The maximum Gasteiger partial charge on any atom is 0.140 e. The SMILES string of the molecule is Cc1cccc(C)c1-c1c2nc(c(-c3ccccc3)c3ccc([nH]3)c(-c3c(C)cccc3[N+](C)(C)C)c3nc(c(-c4ccccc4)c4ccc1[nH]4)C=C3)C=C2. The van der Waals surface area contributed by atoms with E-state index in [2.05, 4.69) is 198 Å². The maximum atomic E-state index is 5.53. The average molecular weight is 715 g/mol. The summed E-state index contributed by atoms with van der Waals surface area (Å²) < 4.78 is 0.662. The molecule has 0 saturated heterocycles. The molecule has 0 radical (unpaired) electrons. The van der Waals surface area contributed by atoms with Crippen LogP contribution in [-0.2, 0) is 0 Å². The topological polar surface area (TPSA) is 57.4 Å². The molecule has 0 amide bonds. The quantitative estimate of drug-likeness (QED) is 0.174. The number of H-pyrrole nitrogens is 2. The first-order chi connectivity index (χ1) is 26.7. The van der Waals surface area contributed by atoms with Gasteiger partial charge in [-0.2, -0.15) is 0 Å². The molecule has 8 bridgehead atoms. The van der Waals surface area contributed by atoms with Crippen molar-refractivity contribution in [3.63, 3.8) is 0 Å². The van der Waals surface area contributed by atoms with Crippen molar-refractivity contribution >= 4 is 52.1 Å². The highest BCUT2D eigenvalue weighted by Gasteiger charge is 2.25. The molecule has 2 N–H and O–H groups in total. The van der Waals surface area contributed by atoms with Gasteiger partial charge in [0.1, 0.15) is 5.69 Å². The van der Waals surface area contributed by atoms with Gasteiger partial charge in [0.25, 0.3) is 0 Å². The molecule has 5 nitrogen and oxygen atoms in total. The molecule has 268 valence electrons. The molecule has 2 aliphatic rings. The molecule has 5 heteroatoms. The van der Waals surface area contributed by atoms with Gasteiger partial charge in [0.05, 0.1) is 43.9 Å². The summed E-state index contributed by atoms with van der Waals surface area (Å²) >= 11 is 0. The largest absolute Gasteiger partial charge is 0.354 e. The lowest BCUT2D eigenvalue weighted by atomic mass is 9.94. The Balaban J connectivity index is 1.52. The van der Waals surface area contributed by atoms with Crippen LogP contribution in [0.1, 0.15) is 39.5 Å². The summed E-state index contributed by atoms with van der Waals surface area (Å²) in [7, 11) is 6.68. The van der Waals surface area contributed by atoms with Crippen LogP contribution < -0.4 is 4.48 Å². The summed E-state index contributed by atoms with van der Waals surface area (Å²) in [6, 6.07) is 43.1. The van der Waals surface area contributed by atoms with Gasteiger partial charge < -0.3 is 9.97 Å². The van der Waals surface area contributed by atoms with Gasteiger partial charge in [0, 0.05) is 49.9 Å². The third kappa shape index (κ3) is 6.03. The zero-order valence-electron chi connectivity index (χ0n) is 32.2. The van der Waals surface area contributed by atoms with Gasteiger partial charge in [-0.3, -0.25) is 4.48 Å². The summed E-state index contributed by atoms with van der Waals surface area (Å²) in [5.74, 6) is 0. The summed E-state index contributed by atoms with van der Waals surface area (Å²) in [4.78, 5) is 18.8. The molecular weight excluding hydrogens is 671 g/mol. The Morgan fingerprint density at radius 1 is 0.364 bits per heavy atom. The first-order valence-electron chi connectivity index (χ1n) is 18.9. The standard InChI is InChI=1S/C50H44N5/c1-31-15-13-16-32(2)45(31)49-40-27-23-36(51-40)47(34-18-9-7-10-19-34)38-25-29-42(53-38)50(46-33(3)17-14-22-44(46)55(4,5)6)43-30-26-39(54-43)48(35-20-11-8-12-21-35)37-24-28-41(49)52-37/h7-30,51,54H,1-6H3/q+1. The number of aromatic amines is 2. The maximum absolute atomic E-state index is 5.53. The fourth-order valence-electron chi connectivity index (χ4n) is 8.29. The highest BCUT2D eigenvalue weighted by Crippen LogP contribution is 2.43. The minimum atomic E-state index is 0.662. The van der Waals surface area contributed by atoms with Crippen LogP contribution in [0.15, 0.2) is 121 Å². The molecule has 55 heavy (non-hydrogen) atoms. The molecule has 0 fully saturated rings. The second kappa shape index (κ2) is 13.4. The lowest BCUT2D eigenvalue weighted by Gasteiger charge is -2.27. The molecule has 4 aromatic carbocycles. The van der Waals surface area contributed by atoms with E-state index in [1.54, 1.807) is 0 Å². The Labute approximate surface area is 322 Å². The van der Waals surface area contributed by atoms with Crippen molar-refractivity contribution in [2.24, 2.45) is 0 Å². The smallest absolute Gasteiger partial charge is 0.140 e. The molecule has 5 heterocycles. The third-order valence-corrected chi connectivity index (χ3v) is 10.8. The Morgan fingerprint density at radius 3 is 1.16 bits per heavy atom. The van der Waals surface area contributed by atoms with Crippen molar-refractivity contribution in [3.05, 3.63) is 161 Å². The molecule has 3 aromatic heterocycles. The molecule has 0 spiro atoms. The fourth-order valence-corrected chi connectivity index (χ4v) is 8.29. The van der Waals surface area contributed by atoms with Crippen LogP contribution in [0.2, 0.25) is 0 Å². The zero-order valence-corrected chi connectivity index (χ0v) is 32.2. The predicted octanol–water partition coefficient (Wildman–Crippen LogP) is 12.4. The second-order valence-corrected chi connectivity index (χ2v) is 15.5. The van der Waals surface area contributed by atoms with Gasteiger partial charge in [-0.1, -0.05) is 91.0 Å². The van der Waals surface area contributed by atoms with E-state index in [0.717, 1.165) is 78.2 Å². The molecule has 0 aliphatic carbocycles. The Bertz CT molecular complexity index is 2810. The number of benzene rings is 4. The Kier molecular flexibility index (Phi) is 8.33. The van der Waals surface area contributed by atoms with Gasteiger partial charge >= 0.3 is 0 Å².